The quantitative estimate of drug-likeness (QED) is 0.479. The van der Waals surface area contributed by atoms with Crippen molar-refractivity contribution >= 4 is 35.4 Å². The van der Waals surface area contributed by atoms with Gasteiger partial charge in [0.1, 0.15) is 11.5 Å². The first-order valence-electron chi connectivity index (χ1n) is 8.31. The number of hydrogen-bond acceptors (Lipinski definition) is 6. The zero-order chi connectivity index (χ0) is 20.9. The van der Waals surface area contributed by atoms with E-state index in [9.17, 15) is 9.59 Å². The topological polar surface area (TPSA) is 76.1 Å². The maximum absolute atomic E-state index is 11.3. The van der Waals surface area contributed by atoms with Gasteiger partial charge in [-0.1, -0.05) is 7.43 Å². The summed E-state index contributed by atoms with van der Waals surface area (Å²) in [5.74, 6) is 1.49. The summed E-state index contributed by atoms with van der Waals surface area (Å²) < 4.78 is 10.0. The highest BCUT2D eigenvalue weighted by atomic mass is 32.2. The van der Waals surface area contributed by atoms with Crippen molar-refractivity contribution < 1.29 is 24.2 Å². The van der Waals surface area contributed by atoms with E-state index < -0.39 is 5.97 Å². The Morgan fingerprint density at radius 1 is 0.828 bits per heavy atom. The molecule has 1 N–H and O–H groups in total. The molecule has 0 heterocycles. The molecule has 0 saturated heterocycles. The number of carboxylic acid groups (broad SMARTS) is 1. The van der Waals surface area contributed by atoms with Crippen LogP contribution in [0.2, 0.25) is 0 Å². The second-order valence-electron chi connectivity index (χ2n) is 5.61. The summed E-state index contributed by atoms with van der Waals surface area (Å²) in [5, 5.41) is 8.43. The zero-order valence-corrected chi connectivity index (χ0v) is 18.0. The van der Waals surface area contributed by atoms with E-state index in [1.807, 2.05) is 48.5 Å². The molecule has 29 heavy (non-hydrogen) atoms. The second-order valence-corrected chi connectivity index (χ2v) is 7.71. The largest absolute Gasteiger partial charge is 0.497 e. The molecule has 0 aliphatic rings. The van der Waals surface area contributed by atoms with Gasteiger partial charge in [-0.25, -0.2) is 0 Å². The Hall–Kier alpha value is -2.32. The zero-order valence-electron chi connectivity index (χ0n) is 16.4. The Kier molecular flexibility index (Phi) is 13.5. The molecule has 0 atom stereocenters. The number of hydrogen-bond donors (Lipinski definition) is 1. The molecule has 2 aromatic carbocycles. The number of carbonyl (C=O) groups excluding carboxylic acids is 1. The molecule has 0 radical (unpaired) electrons. The van der Waals surface area contributed by atoms with Gasteiger partial charge in [-0.05, 0) is 48.5 Å². The van der Waals surface area contributed by atoms with Gasteiger partial charge in [0.05, 0.1) is 25.7 Å². The number of nitrogens with zero attached hydrogens (tertiary/aromatic N) is 1. The van der Waals surface area contributed by atoms with Crippen molar-refractivity contribution in [1.82, 2.24) is 4.90 Å². The molecule has 2 aromatic rings. The summed E-state index contributed by atoms with van der Waals surface area (Å²) in [4.78, 5) is 25.2. The number of benzene rings is 2. The molecular weight excluding hydrogens is 414 g/mol. The highest BCUT2D eigenvalue weighted by Gasteiger charge is 2.04. The summed E-state index contributed by atoms with van der Waals surface area (Å²) in [7, 11) is 6.75. The van der Waals surface area contributed by atoms with Gasteiger partial charge >= 0.3 is 5.97 Å². The molecule has 0 spiro atoms. The standard InChI is InChI=1S/C11H15NO2S.C9H10O3S.CH4/c1-12(2)11(13)8-15-10-6-4-9(14-3)5-7-10;1-12-7-2-4-8(5-3-7)13-6-9(10)11;/h4-7H,8H2,1-3H3;2-5H,6H2,1H3,(H,10,11);1H4/i8+1,11+1;6+1,9+1;. The average molecular weight is 444 g/mol. The summed E-state index contributed by atoms with van der Waals surface area (Å²) in [6.45, 7) is 0. The third kappa shape index (κ3) is 11.3. The fourth-order valence-corrected chi connectivity index (χ4v) is 3.26. The van der Waals surface area contributed by atoms with E-state index >= 15 is 0 Å². The first kappa shape index (κ1) is 26.7. The van der Waals surface area contributed by atoms with Gasteiger partial charge in [-0.15, -0.1) is 23.5 Å². The van der Waals surface area contributed by atoms with E-state index in [4.69, 9.17) is 14.6 Å². The Morgan fingerprint density at radius 3 is 1.52 bits per heavy atom. The van der Waals surface area contributed by atoms with Crippen LogP contribution >= 0.6 is 23.5 Å². The van der Waals surface area contributed by atoms with Crippen LogP contribution in [0.1, 0.15) is 7.43 Å². The number of carbonyl (C=O) groups is 2. The lowest BCUT2D eigenvalue weighted by atomic mass is 10.3. The van der Waals surface area contributed by atoms with Crippen molar-refractivity contribution in [2.75, 3.05) is 39.8 Å². The molecule has 0 aliphatic carbocycles. The summed E-state index contributed by atoms with van der Waals surface area (Å²) in [5.41, 5.74) is 0. The lowest BCUT2D eigenvalue weighted by Crippen LogP contribution is -2.23. The summed E-state index contributed by atoms with van der Waals surface area (Å²) >= 11 is 2.82. The van der Waals surface area contributed by atoms with Gasteiger partial charge in [-0.2, -0.15) is 0 Å². The van der Waals surface area contributed by atoms with Crippen LogP contribution in [0.3, 0.4) is 0 Å². The van der Waals surface area contributed by atoms with Crippen molar-refractivity contribution in [2.45, 2.75) is 17.2 Å². The minimum absolute atomic E-state index is 0. The maximum atomic E-state index is 11.3. The number of rotatable bonds is 8. The van der Waals surface area contributed by atoms with E-state index in [1.165, 1.54) is 23.5 Å². The first-order chi connectivity index (χ1) is 13.3. The molecule has 1 amide bonds. The first-order valence-corrected chi connectivity index (χ1v) is 10.3. The highest BCUT2D eigenvalue weighted by molar-refractivity contribution is 8.00. The lowest BCUT2D eigenvalue weighted by Gasteiger charge is -2.09. The molecule has 0 aliphatic heterocycles. The van der Waals surface area contributed by atoms with Crippen molar-refractivity contribution in [3.63, 3.8) is 0 Å². The van der Waals surface area contributed by atoms with Crippen molar-refractivity contribution in [3.8, 4) is 11.5 Å². The number of ether oxygens (including phenoxy) is 2. The number of amides is 1. The maximum Gasteiger partial charge on any atom is 0.313 e. The number of thioether (sulfide) groups is 2. The SMILES string of the molecule is C.COc1ccc(S[13CH2][13C](=O)N(C)C)cc1.COc1ccc(S[13CH2][13C](=O)O)cc1. The van der Waals surface area contributed by atoms with Crippen molar-refractivity contribution in [1.29, 1.82) is 0 Å². The number of aliphatic carboxylic acids is 1. The fourth-order valence-electron chi connectivity index (χ4n) is 1.76. The Balaban J connectivity index is 0.000000527. The van der Waals surface area contributed by atoms with Crippen molar-refractivity contribution in [2.24, 2.45) is 0 Å². The van der Waals surface area contributed by atoms with E-state index in [2.05, 4.69) is 0 Å². The third-order valence-corrected chi connectivity index (χ3v) is 5.34. The van der Waals surface area contributed by atoms with Crippen LogP contribution < -0.4 is 9.47 Å². The lowest BCUT2D eigenvalue weighted by molar-refractivity contribution is -0.134. The molecule has 0 fully saturated rings. The summed E-state index contributed by atoms with van der Waals surface area (Å²) in [6.07, 6.45) is 0. The predicted molar refractivity (Wildman–Crippen MR) is 120 cm³/mol. The molecule has 6 nitrogen and oxygen atoms in total. The van der Waals surface area contributed by atoms with Gasteiger partial charge in [0.25, 0.3) is 0 Å². The molecule has 0 bridgehead atoms. The van der Waals surface area contributed by atoms with Gasteiger partial charge in [0.2, 0.25) is 5.91 Å². The fraction of sp³-hybridized carbons (Fsp3) is 0.333. The van der Waals surface area contributed by atoms with Crippen LogP contribution in [0.15, 0.2) is 58.3 Å². The molecular formula is C21H29NO5S2. The van der Waals surface area contributed by atoms with E-state index in [1.54, 1.807) is 33.2 Å². The van der Waals surface area contributed by atoms with Crippen LogP contribution in [0.5, 0.6) is 11.5 Å². The monoisotopic (exact) mass is 443 g/mol. The molecule has 8 heteroatoms. The van der Waals surface area contributed by atoms with E-state index in [0.717, 1.165) is 21.3 Å². The Morgan fingerprint density at radius 2 is 1.21 bits per heavy atom. The minimum Gasteiger partial charge on any atom is -0.497 e. The van der Waals surface area contributed by atoms with E-state index in [-0.39, 0.29) is 19.1 Å². The Labute approximate surface area is 181 Å². The second kappa shape index (κ2) is 14.6. The normalized spacial score (nSPS) is 9.38. The Bertz CT molecular complexity index is 734. The van der Waals surface area contributed by atoms with Crippen LogP contribution in [-0.2, 0) is 9.59 Å². The molecule has 0 aromatic heterocycles. The molecule has 160 valence electrons. The molecule has 0 saturated carbocycles. The number of methoxy groups -OCH3 is 2. The molecule has 0 unspecified atom stereocenters. The van der Waals surface area contributed by atoms with Gasteiger partial charge in [0.15, 0.2) is 0 Å². The number of carboxylic acids is 1. The van der Waals surface area contributed by atoms with Gasteiger partial charge < -0.3 is 19.5 Å². The average Bonchev–Trinajstić information content (AvgIpc) is 2.71. The van der Waals surface area contributed by atoms with Crippen molar-refractivity contribution in [3.05, 3.63) is 48.5 Å². The highest BCUT2D eigenvalue weighted by Crippen LogP contribution is 2.21. The van der Waals surface area contributed by atoms with E-state index in [0.29, 0.717) is 5.75 Å². The third-order valence-electron chi connectivity index (χ3n) is 3.34. The van der Waals surface area contributed by atoms with Crippen LogP contribution in [0.25, 0.3) is 0 Å². The molecule has 2 rings (SSSR count). The minimum atomic E-state index is -0.805. The summed E-state index contributed by atoms with van der Waals surface area (Å²) in [6, 6.07) is 15.0. The van der Waals surface area contributed by atoms with Gasteiger partial charge in [-0.3, -0.25) is 9.59 Å². The van der Waals surface area contributed by atoms with Gasteiger partial charge in [0, 0.05) is 23.9 Å². The van der Waals surface area contributed by atoms with Crippen LogP contribution in [0, 0.1) is 0 Å². The van der Waals surface area contributed by atoms with Crippen LogP contribution in [0.4, 0.5) is 0 Å². The predicted octanol–water partition coefficient (Wildman–Crippen LogP) is 4.38. The smallest absolute Gasteiger partial charge is 0.313 e. The van der Waals surface area contributed by atoms with Crippen LogP contribution in [-0.4, -0.2) is 61.7 Å².